The van der Waals surface area contributed by atoms with Crippen LogP contribution in [0, 0.1) is 18.8 Å². The average Bonchev–Trinajstić information content (AvgIpc) is 2.41. The normalized spacial score (nSPS) is 24.6. The molecule has 0 aliphatic heterocycles. The van der Waals surface area contributed by atoms with Gasteiger partial charge in [0, 0.05) is 11.6 Å². The Morgan fingerprint density at radius 1 is 1.25 bits per heavy atom. The Balaban J connectivity index is 1.76. The van der Waals surface area contributed by atoms with Crippen LogP contribution in [0.5, 0.6) is 5.75 Å². The lowest BCUT2D eigenvalue weighted by atomic mass is 9.81. The van der Waals surface area contributed by atoms with Crippen molar-refractivity contribution in [3.05, 3.63) is 29.3 Å². The van der Waals surface area contributed by atoms with E-state index >= 15 is 0 Å². The monoisotopic (exact) mass is 275 g/mol. The van der Waals surface area contributed by atoms with Gasteiger partial charge in [0.15, 0.2) is 0 Å². The third-order valence-corrected chi connectivity index (χ3v) is 4.79. The molecule has 0 bridgehead atoms. The van der Waals surface area contributed by atoms with Gasteiger partial charge in [-0.05, 0) is 50.3 Å². The van der Waals surface area contributed by atoms with Gasteiger partial charge in [-0.3, -0.25) is 0 Å². The molecular weight excluding hydrogens is 246 g/mol. The van der Waals surface area contributed by atoms with Crippen LogP contribution in [0.15, 0.2) is 18.2 Å². The summed E-state index contributed by atoms with van der Waals surface area (Å²) in [5.74, 6) is 2.25. The van der Waals surface area contributed by atoms with Gasteiger partial charge in [-0.15, -0.1) is 0 Å². The van der Waals surface area contributed by atoms with E-state index in [2.05, 4.69) is 25.2 Å². The first-order valence-corrected chi connectivity index (χ1v) is 8.09. The molecule has 1 aliphatic rings. The molecule has 1 aromatic carbocycles. The predicted octanol–water partition coefficient (Wildman–Crippen LogP) is 4.57. The van der Waals surface area contributed by atoms with Gasteiger partial charge in [-0.2, -0.15) is 0 Å². The summed E-state index contributed by atoms with van der Waals surface area (Å²) < 4.78 is 0. The molecule has 1 aliphatic carbocycles. The van der Waals surface area contributed by atoms with Crippen molar-refractivity contribution in [3.8, 4) is 5.75 Å². The number of phenols is 1. The molecular formula is C18H29NO. The van der Waals surface area contributed by atoms with E-state index < -0.39 is 0 Å². The second-order valence-electron chi connectivity index (χ2n) is 6.65. The van der Waals surface area contributed by atoms with E-state index in [0.29, 0.717) is 5.75 Å². The molecule has 112 valence electrons. The van der Waals surface area contributed by atoms with Crippen LogP contribution in [0.3, 0.4) is 0 Å². The molecule has 1 aromatic rings. The maximum Gasteiger partial charge on any atom is 0.120 e. The summed E-state index contributed by atoms with van der Waals surface area (Å²) in [6, 6.07) is 6.16. The molecule has 0 amide bonds. The summed E-state index contributed by atoms with van der Waals surface area (Å²) in [5.41, 5.74) is 2.11. The van der Waals surface area contributed by atoms with Crippen molar-refractivity contribution in [3.63, 3.8) is 0 Å². The first kappa shape index (κ1) is 15.4. The Bertz CT molecular complexity index is 421. The minimum absolute atomic E-state index is 0.220. The molecule has 2 N–H and O–H groups in total. The van der Waals surface area contributed by atoms with E-state index in [1.54, 1.807) is 0 Å². The van der Waals surface area contributed by atoms with E-state index in [4.69, 9.17) is 0 Å². The Labute approximate surface area is 123 Å². The van der Waals surface area contributed by atoms with E-state index in [-0.39, 0.29) is 6.04 Å². The fourth-order valence-corrected chi connectivity index (χ4v) is 3.25. The van der Waals surface area contributed by atoms with Gasteiger partial charge < -0.3 is 10.4 Å². The molecule has 2 nitrogen and oxygen atoms in total. The average molecular weight is 275 g/mol. The van der Waals surface area contributed by atoms with Crippen LogP contribution < -0.4 is 5.32 Å². The third kappa shape index (κ3) is 4.24. The summed E-state index contributed by atoms with van der Waals surface area (Å²) >= 11 is 0. The summed E-state index contributed by atoms with van der Waals surface area (Å²) in [7, 11) is 0. The quantitative estimate of drug-likeness (QED) is 0.825. The lowest BCUT2D eigenvalue weighted by Crippen LogP contribution is -2.23. The molecule has 0 heterocycles. The summed E-state index contributed by atoms with van der Waals surface area (Å²) in [4.78, 5) is 0. The summed E-state index contributed by atoms with van der Waals surface area (Å²) in [6.45, 7) is 7.56. The van der Waals surface area contributed by atoms with Gasteiger partial charge in [0.05, 0.1) is 0 Å². The van der Waals surface area contributed by atoms with Crippen LogP contribution in [0.25, 0.3) is 0 Å². The lowest BCUT2D eigenvalue weighted by molar-refractivity contribution is 0.273. The van der Waals surface area contributed by atoms with E-state index in [9.17, 15) is 5.11 Å². The van der Waals surface area contributed by atoms with Crippen molar-refractivity contribution in [1.82, 2.24) is 5.32 Å². The van der Waals surface area contributed by atoms with Crippen LogP contribution in [-0.4, -0.2) is 11.7 Å². The second-order valence-corrected chi connectivity index (χ2v) is 6.65. The zero-order chi connectivity index (χ0) is 14.5. The molecule has 0 spiro atoms. The van der Waals surface area contributed by atoms with Gasteiger partial charge in [0.2, 0.25) is 0 Å². The molecule has 0 aromatic heterocycles. The Morgan fingerprint density at radius 2 is 1.95 bits per heavy atom. The number of rotatable bonds is 5. The maximum absolute atomic E-state index is 10.00. The molecule has 1 unspecified atom stereocenters. The first-order chi connectivity index (χ1) is 9.56. The second kappa shape index (κ2) is 7.12. The number of nitrogens with one attached hydrogen (secondary N) is 1. The highest BCUT2D eigenvalue weighted by Gasteiger charge is 2.18. The van der Waals surface area contributed by atoms with E-state index in [1.165, 1.54) is 32.1 Å². The minimum Gasteiger partial charge on any atom is -0.508 e. The van der Waals surface area contributed by atoms with Crippen LogP contribution >= 0.6 is 0 Å². The van der Waals surface area contributed by atoms with Crippen LogP contribution in [0.1, 0.15) is 63.1 Å². The number of benzene rings is 1. The summed E-state index contributed by atoms with van der Waals surface area (Å²) in [6.07, 6.45) is 6.86. The fourth-order valence-electron chi connectivity index (χ4n) is 3.25. The van der Waals surface area contributed by atoms with Gasteiger partial charge in [-0.1, -0.05) is 44.7 Å². The number of phenolic OH excluding ortho intramolecular Hbond substituents is 1. The fraction of sp³-hybridized carbons (Fsp3) is 0.667. The number of hydrogen-bond donors (Lipinski definition) is 2. The molecule has 2 heteroatoms. The molecule has 20 heavy (non-hydrogen) atoms. The molecule has 1 saturated carbocycles. The molecule has 2 rings (SSSR count). The molecule has 0 radical (unpaired) electrons. The van der Waals surface area contributed by atoms with Crippen molar-refractivity contribution in [2.24, 2.45) is 11.8 Å². The predicted molar refractivity (Wildman–Crippen MR) is 85.0 cm³/mol. The SMILES string of the molecule is Cc1ccc(C(C)NCCC2CCC(C)CC2)c(O)c1. The van der Waals surface area contributed by atoms with E-state index in [1.807, 2.05) is 19.1 Å². The Kier molecular flexibility index (Phi) is 5.47. The molecule has 0 saturated heterocycles. The largest absolute Gasteiger partial charge is 0.508 e. The minimum atomic E-state index is 0.220. The van der Waals surface area contributed by atoms with Crippen LogP contribution in [-0.2, 0) is 0 Å². The topological polar surface area (TPSA) is 32.3 Å². The van der Waals surface area contributed by atoms with Crippen molar-refractivity contribution in [2.75, 3.05) is 6.54 Å². The third-order valence-electron chi connectivity index (χ3n) is 4.79. The van der Waals surface area contributed by atoms with Crippen LogP contribution in [0.2, 0.25) is 0 Å². The van der Waals surface area contributed by atoms with Gasteiger partial charge >= 0.3 is 0 Å². The van der Waals surface area contributed by atoms with Crippen LogP contribution in [0.4, 0.5) is 0 Å². The smallest absolute Gasteiger partial charge is 0.120 e. The van der Waals surface area contributed by atoms with Crippen molar-refractivity contribution < 1.29 is 5.11 Å². The summed E-state index contributed by atoms with van der Waals surface area (Å²) in [5, 5.41) is 13.6. The zero-order valence-electron chi connectivity index (χ0n) is 13.2. The number of aromatic hydroxyl groups is 1. The van der Waals surface area contributed by atoms with Crippen molar-refractivity contribution in [1.29, 1.82) is 0 Å². The van der Waals surface area contributed by atoms with E-state index in [0.717, 1.165) is 29.5 Å². The Morgan fingerprint density at radius 3 is 2.60 bits per heavy atom. The molecule has 1 atom stereocenters. The number of hydrogen-bond acceptors (Lipinski definition) is 2. The lowest BCUT2D eigenvalue weighted by Gasteiger charge is -2.26. The van der Waals surface area contributed by atoms with Gasteiger partial charge in [-0.25, -0.2) is 0 Å². The van der Waals surface area contributed by atoms with Crippen molar-refractivity contribution >= 4 is 0 Å². The van der Waals surface area contributed by atoms with Gasteiger partial charge in [0.25, 0.3) is 0 Å². The van der Waals surface area contributed by atoms with Crippen molar-refractivity contribution in [2.45, 2.75) is 58.9 Å². The highest BCUT2D eigenvalue weighted by atomic mass is 16.3. The number of aryl methyl sites for hydroxylation is 1. The molecule has 1 fully saturated rings. The zero-order valence-corrected chi connectivity index (χ0v) is 13.2. The highest BCUT2D eigenvalue weighted by Crippen LogP contribution is 2.30. The highest BCUT2D eigenvalue weighted by molar-refractivity contribution is 5.37. The maximum atomic E-state index is 10.00. The van der Waals surface area contributed by atoms with Gasteiger partial charge in [0.1, 0.15) is 5.75 Å². The first-order valence-electron chi connectivity index (χ1n) is 8.09. The standard InChI is InChI=1S/C18H29NO/c1-13-4-7-16(8-5-13)10-11-19-15(3)17-9-6-14(2)12-18(17)20/h6,9,12-13,15-16,19-20H,4-5,7-8,10-11H2,1-3H3. The Hall–Kier alpha value is -1.02.